The van der Waals surface area contributed by atoms with E-state index in [4.69, 9.17) is 9.47 Å². The summed E-state index contributed by atoms with van der Waals surface area (Å²) in [7, 11) is 0. The number of aromatic amines is 1. The minimum Gasteiger partial charge on any atom is -0.493 e. The molecule has 0 amide bonds. The molecule has 1 N–H and O–H groups in total. The van der Waals surface area contributed by atoms with Crippen molar-refractivity contribution in [2.45, 2.75) is 46.6 Å². The van der Waals surface area contributed by atoms with Gasteiger partial charge in [0.1, 0.15) is 11.5 Å². The Hall–Kier alpha value is -2.88. The standard InChI is InChI=1S/C25H30N2O2/c1-5-18(17-14-21-19(12-13-26-21)25(15-17)29-8-4)23-16-20-22(27(23)6-2)10-9-11-24(20)28-7-3/h9-16,18,26H,5-8H2,1-4H3. The first-order valence-electron chi connectivity index (χ1n) is 10.7. The van der Waals surface area contributed by atoms with E-state index in [1.54, 1.807) is 0 Å². The fraction of sp³-hybridized carbons (Fsp3) is 0.360. The summed E-state index contributed by atoms with van der Waals surface area (Å²) in [6.45, 7) is 10.8. The molecule has 0 saturated carbocycles. The number of benzene rings is 2. The number of ether oxygens (including phenoxy) is 2. The largest absolute Gasteiger partial charge is 0.493 e. The Balaban J connectivity index is 1.89. The molecule has 0 saturated heterocycles. The quantitative estimate of drug-likeness (QED) is 0.374. The lowest BCUT2D eigenvalue weighted by Crippen LogP contribution is -2.08. The van der Waals surface area contributed by atoms with Crippen molar-refractivity contribution >= 4 is 21.8 Å². The number of H-pyrrole nitrogens is 1. The molecule has 4 nitrogen and oxygen atoms in total. The predicted molar refractivity (Wildman–Crippen MR) is 120 cm³/mol. The predicted octanol–water partition coefficient (Wildman–Crippen LogP) is 6.48. The third-order valence-electron chi connectivity index (χ3n) is 5.67. The third kappa shape index (κ3) is 3.37. The van der Waals surface area contributed by atoms with E-state index < -0.39 is 0 Å². The van der Waals surface area contributed by atoms with Crippen molar-refractivity contribution in [1.82, 2.24) is 9.55 Å². The normalized spacial score (nSPS) is 12.6. The lowest BCUT2D eigenvalue weighted by atomic mass is 9.92. The zero-order valence-corrected chi connectivity index (χ0v) is 17.8. The van der Waals surface area contributed by atoms with E-state index in [0.717, 1.165) is 35.4 Å². The maximum absolute atomic E-state index is 5.97. The monoisotopic (exact) mass is 390 g/mol. The highest BCUT2D eigenvalue weighted by atomic mass is 16.5. The van der Waals surface area contributed by atoms with Crippen LogP contribution in [-0.4, -0.2) is 22.8 Å². The average molecular weight is 391 g/mol. The zero-order chi connectivity index (χ0) is 20.4. The van der Waals surface area contributed by atoms with Crippen LogP contribution in [0.5, 0.6) is 11.5 Å². The third-order valence-corrected chi connectivity index (χ3v) is 5.67. The Kier molecular flexibility index (Phi) is 5.52. The number of fused-ring (bicyclic) bond motifs is 2. The Morgan fingerprint density at radius 1 is 0.897 bits per heavy atom. The van der Waals surface area contributed by atoms with Crippen molar-refractivity contribution in [2.24, 2.45) is 0 Å². The molecule has 0 aliphatic carbocycles. The second-order valence-electron chi connectivity index (χ2n) is 7.29. The van der Waals surface area contributed by atoms with Crippen LogP contribution in [0.4, 0.5) is 0 Å². The second-order valence-corrected chi connectivity index (χ2v) is 7.29. The Morgan fingerprint density at radius 3 is 2.41 bits per heavy atom. The molecular weight excluding hydrogens is 360 g/mol. The molecule has 2 aromatic carbocycles. The van der Waals surface area contributed by atoms with Crippen LogP contribution in [0.3, 0.4) is 0 Å². The van der Waals surface area contributed by atoms with E-state index in [-0.39, 0.29) is 5.92 Å². The average Bonchev–Trinajstić information content (AvgIpc) is 3.34. The van der Waals surface area contributed by atoms with Crippen molar-refractivity contribution in [3.63, 3.8) is 0 Å². The van der Waals surface area contributed by atoms with Crippen LogP contribution in [-0.2, 0) is 6.54 Å². The van der Waals surface area contributed by atoms with Crippen LogP contribution in [0.1, 0.15) is 51.3 Å². The highest BCUT2D eigenvalue weighted by molar-refractivity contribution is 5.89. The van der Waals surface area contributed by atoms with E-state index >= 15 is 0 Å². The van der Waals surface area contributed by atoms with Crippen LogP contribution in [0.25, 0.3) is 21.8 Å². The van der Waals surface area contributed by atoms with Crippen LogP contribution >= 0.6 is 0 Å². The number of hydrogen-bond acceptors (Lipinski definition) is 2. The summed E-state index contributed by atoms with van der Waals surface area (Å²) in [5.74, 6) is 2.20. The number of hydrogen-bond donors (Lipinski definition) is 1. The summed E-state index contributed by atoms with van der Waals surface area (Å²) in [5, 5.41) is 2.33. The zero-order valence-electron chi connectivity index (χ0n) is 17.8. The van der Waals surface area contributed by atoms with Gasteiger partial charge in [0.25, 0.3) is 0 Å². The summed E-state index contributed by atoms with van der Waals surface area (Å²) < 4.78 is 14.3. The Bertz CT molecular complexity index is 1120. The summed E-state index contributed by atoms with van der Waals surface area (Å²) in [5.41, 5.74) is 4.96. The minimum atomic E-state index is 0.281. The van der Waals surface area contributed by atoms with Crippen molar-refractivity contribution in [3.8, 4) is 11.5 Å². The molecule has 4 rings (SSSR count). The fourth-order valence-corrected chi connectivity index (χ4v) is 4.45. The van der Waals surface area contributed by atoms with E-state index in [9.17, 15) is 0 Å². The second kappa shape index (κ2) is 8.24. The molecule has 2 heterocycles. The minimum absolute atomic E-state index is 0.281. The lowest BCUT2D eigenvalue weighted by molar-refractivity contribution is 0.344. The van der Waals surface area contributed by atoms with Crippen LogP contribution in [0, 0.1) is 0 Å². The van der Waals surface area contributed by atoms with E-state index in [1.165, 1.54) is 22.2 Å². The smallest absolute Gasteiger partial charge is 0.128 e. The Morgan fingerprint density at radius 2 is 1.69 bits per heavy atom. The van der Waals surface area contributed by atoms with Crippen LogP contribution in [0.15, 0.2) is 48.7 Å². The number of rotatable bonds is 8. The first kappa shape index (κ1) is 19.4. The molecule has 0 bridgehead atoms. The van der Waals surface area contributed by atoms with Gasteiger partial charge in [0, 0.05) is 40.6 Å². The van der Waals surface area contributed by atoms with Crippen molar-refractivity contribution < 1.29 is 9.47 Å². The number of nitrogens with zero attached hydrogens (tertiary/aromatic N) is 1. The highest BCUT2D eigenvalue weighted by Crippen LogP contribution is 2.39. The van der Waals surface area contributed by atoms with Gasteiger partial charge in [-0.3, -0.25) is 0 Å². The van der Waals surface area contributed by atoms with Crippen molar-refractivity contribution in [3.05, 3.63) is 59.9 Å². The molecule has 0 fully saturated rings. The molecule has 1 atom stereocenters. The van der Waals surface area contributed by atoms with Crippen LogP contribution < -0.4 is 9.47 Å². The SMILES string of the molecule is CCOc1cc(C(CC)c2cc3c(OCC)cccc3n2CC)cc2[nH]ccc12. The maximum Gasteiger partial charge on any atom is 0.128 e. The number of aromatic nitrogens is 2. The summed E-state index contributed by atoms with van der Waals surface area (Å²) >= 11 is 0. The topological polar surface area (TPSA) is 39.2 Å². The molecule has 152 valence electrons. The maximum atomic E-state index is 5.97. The van der Waals surface area contributed by atoms with Gasteiger partial charge in [0.15, 0.2) is 0 Å². The van der Waals surface area contributed by atoms with Gasteiger partial charge in [-0.25, -0.2) is 0 Å². The summed E-state index contributed by atoms with van der Waals surface area (Å²) in [4.78, 5) is 3.36. The van der Waals surface area contributed by atoms with E-state index in [2.05, 4.69) is 65.9 Å². The van der Waals surface area contributed by atoms with Crippen LogP contribution in [0.2, 0.25) is 0 Å². The van der Waals surface area contributed by atoms with Gasteiger partial charge in [0.05, 0.1) is 18.7 Å². The molecule has 29 heavy (non-hydrogen) atoms. The Labute approximate surface area is 172 Å². The van der Waals surface area contributed by atoms with E-state index in [1.807, 2.05) is 20.0 Å². The van der Waals surface area contributed by atoms with Crippen molar-refractivity contribution in [1.29, 1.82) is 0 Å². The summed E-state index contributed by atoms with van der Waals surface area (Å²) in [6.07, 6.45) is 2.99. The first-order chi connectivity index (χ1) is 14.2. The van der Waals surface area contributed by atoms with Gasteiger partial charge in [0.2, 0.25) is 0 Å². The highest BCUT2D eigenvalue weighted by Gasteiger charge is 2.21. The number of nitrogens with one attached hydrogen (secondary N) is 1. The van der Waals surface area contributed by atoms with Gasteiger partial charge in [-0.2, -0.15) is 0 Å². The number of aryl methyl sites for hydroxylation is 1. The fourth-order valence-electron chi connectivity index (χ4n) is 4.45. The van der Waals surface area contributed by atoms with E-state index in [0.29, 0.717) is 13.2 Å². The molecule has 2 aromatic heterocycles. The van der Waals surface area contributed by atoms with Gasteiger partial charge >= 0.3 is 0 Å². The van der Waals surface area contributed by atoms with Gasteiger partial charge in [-0.05, 0) is 69.2 Å². The molecule has 1 unspecified atom stereocenters. The molecule has 0 radical (unpaired) electrons. The van der Waals surface area contributed by atoms with Gasteiger partial charge in [-0.15, -0.1) is 0 Å². The first-order valence-corrected chi connectivity index (χ1v) is 10.7. The van der Waals surface area contributed by atoms with Gasteiger partial charge < -0.3 is 19.0 Å². The lowest BCUT2D eigenvalue weighted by Gasteiger charge is -2.20. The molecular formula is C25H30N2O2. The molecule has 4 heteroatoms. The van der Waals surface area contributed by atoms with Crippen molar-refractivity contribution in [2.75, 3.05) is 13.2 Å². The molecule has 0 aliphatic heterocycles. The van der Waals surface area contributed by atoms with Gasteiger partial charge in [-0.1, -0.05) is 13.0 Å². The molecule has 0 aliphatic rings. The molecule has 0 spiro atoms. The molecule has 4 aromatic rings. The summed E-state index contributed by atoms with van der Waals surface area (Å²) in [6, 6.07) is 15.2.